The quantitative estimate of drug-likeness (QED) is 0.802. The standard InChI is InChI=1S/C20H32N2O4S/c1-15(2)14-18(19(23)22-10-12-26-13-11-22)21-27(24,25)17-8-6-16(7-9-17)20(3,4)5/h6-9,15,18,21H,10-14H2,1-5H3/t18-/m0/s1. The Labute approximate surface area is 163 Å². The van der Waals surface area contributed by atoms with E-state index < -0.39 is 16.1 Å². The second kappa shape index (κ2) is 8.71. The van der Waals surface area contributed by atoms with E-state index in [1.54, 1.807) is 17.0 Å². The van der Waals surface area contributed by atoms with E-state index in [1.807, 2.05) is 26.0 Å². The van der Waals surface area contributed by atoms with Gasteiger partial charge in [-0.25, -0.2) is 8.42 Å². The molecule has 0 bridgehead atoms. The van der Waals surface area contributed by atoms with Crippen LogP contribution < -0.4 is 4.72 Å². The van der Waals surface area contributed by atoms with E-state index in [0.717, 1.165) is 5.56 Å². The predicted molar refractivity (Wildman–Crippen MR) is 106 cm³/mol. The van der Waals surface area contributed by atoms with Crippen molar-refractivity contribution in [3.8, 4) is 0 Å². The van der Waals surface area contributed by atoms with Crippen LogP contribution in [0.2, 0.25) is 0 Å². The third-order valence-electron chi connectivity index (χ3n) is 4.66. The SMILES string of the molecule is CC(C)C[C@H](NS(=O)(=O)c1ccc(C(C)(C)C)cc1)C(=O)N1CCOCC1. The number of hydrogen-bond donors (Lipinski definition) is 1. The summed E-state index contributed by atoms with van der Waals surface area (Å²) in [7, 11) is -3.78. The van der Waals surface area contributed by atoms with Gasteiger partial charge in [-0.15, -0.1) is 0 Å². The number of amides is 1. The van der Waals surface area contributed by atoms with Crippen molar-refractivity contribution in [2.24, 2.45) is 5.92 Å². The number of nitrogens with one attached hydrogen (secondary N) is 1. The first-order valence-corrected chi connectivity index (χ1v) is 11.0. The lowest BCUT2D eigenvalue weighted by atomic mass is 9.87. The molecule has 1 fully saturated rings. The zero-order valence-corrected chi connectivity index (χ0v) is 17.8. The fourth-order valence-electron chi connectivity index (χ4n) is 3.06. The average molecular weight is 397 g/mol. The number of carbonyl (C=O) groups is 1. The Kier molecular flexibility index (Phi) is 7.05. The van der Waals surface area contributed by atoms with E-state index in [2.05, 4.69) is 25.5 Å². The fraction of sp³-hybridized carbons (Fsp3) is 0.650. The maximum atomic E-state index is 12.9. The first kappa shape index (κ1) is 21.9. The lowest BCUT2D eigenvalue weighted by Gasteiger charge is -2.31. The zero-order chi connectivity index (χ0) is 20.2. The Morgan fingerprint density at radius 3 is 2.19 bits per heavy atom. The van der Waals surface area contributed by atoms with Crippen molar-refractivity contribution in [3.05, 3.63) is 29.8 Å². The Morgan fingerprint density at radius 1 is 1.15 bits per heavy atom. The van der Waals surface area contributed by atoms with Crippen LogP contribution in [0.4, 0.5) is 0 Å². The molecule has 27 heavy (non-hydrogen) atoms. The van der Waals surface area contributed by atoms with Gasteiger partial charge in [0.1, 0.15) is 6.04 Å². The monoisotopic (exact) mass is 396 g/mol. The molecule has 1 amide bonds. The van der Waals surface area contributed by atoms with Gasteiger partial charge in [-0.1, -0.05) is 46.8 Å². The molecule has 0 aromatic heterocycles. The van der Waals surface area contributed by atoms with Crippen molar-refractivity contribution >= 4 is 15.9 Å². The lowest BCUT2D eigenvalue weighted by Crippen LogP contribution is -2.52. The Hall–Kier alpha value is -1.44. The summed E-state index contributed by atoms with van der Waals surface area (Å²) in [5, 5.41) is 0. The summed E-state index contributed by atoms with van der Waals surface area (Å²) >= 11 is 0. The van der Waals surface area contributed by atoms with Gasteiger partial charge in [0, 0.05) is 13.1 Å². The molecule has 2 rings (SSSR count). The second-order valence-electron chi connectivity index (χ2n) is 8.52. The van der Waals surface area contributed by atoms with Crippen LogP contribution in [0.25, 0.3) is 0 Å². The van der Waals surface area contributed by atoms with Gasteiger partial charge in [-0.05, 0) is 35.4 Å². The molecule has 1 aliphatic heterocycles. The van der Waals surface area contributed by atoms with Crippen molar-refractivity contribution in [1.82, 2.24) is 9.62 Å². The van der Waals surface area contributed by atoms with Crippen LogP contribution >= 0.6 is 0 Å². The summed E-state index contributed by atoms with van der Waals surface area (Å²) in [5.74, 6) is 0.00726. The first-order chi connectivity index (χ1) is 12.5. The van der Waals surface area contributed by atoms with Gasteiger partial charge in [0.05, 0.1) is 18.1 Å². The molecule has 7 heteroatoms. The van der Waals surface area contributed by atoms with Gasteiger partial charge < -0.3 is 9.64 Å². The molecule has 6 nitrogen and oxygen atoms in total. The van der Waals surface area contributed by atoms with Gasteiger partial charge in [0.25, 0.3) is 0 Å². The number of hydrogen-bond acceptors (Lipinski definition) is 4. The van der Waals surface area contributed by atoms with Crippen molar-refractivity contribution in [1.29, 1.82) is 0 Å². The highest BCUT2D eigenvalue weighted by Gasteiger charge is 2.30. The summed E-state index contributed by atoms with van der Waals surface area (Å²) in [6.45, 7) is 12.2. The van der Waals surface area contributed by atoms with Gasteiger partial charge in [-0.2, -0.15) is 4.72 Å². The average Bonchev–Trinajstić information content (AvgIpc) is 2.60. The Bertz CT molecular complexity index is 730. The molecule has 1 aromatic rings. The molecule has 0 unspecified atom stereocenters. The Balaban J connectivity index is 2.20. The highest BCUT2D eigenvalue weighted by atomic mass is 32.2. The molecule has 0 saturated carbocycles. The van der Waals surface area contributed by atoms with E-state index in [1.165, 1.54) is 0 Å². The van der Waals surface area contributed by atoms with Crippen LogP contribution in [-0.2, 0) is 25.0 Å². The molecule has 1 N–H and O–H groups in total. The van der Waals surface area contributed by atoms with Crippen molar-refractivity contribution < 1.29 is 17.9 Å². The van der Waals surface area contributed by atoms with Crippen molar-refractivity contribution in [2.75, 3.05) is 26.3 Å². The molecule has 0 radical (unpaired) electrons. The molecular weight excluding hydrogens is 364 g/mol. The normalized spacial score (nSPS) is 17.2. The summed E-state index contributed by atoms with van der Waals surface area (Å²) in [6, 6.07) is 6.10. The molecule has 0 aliphatic carbocycles. The molecule has 152 valence electrons. The lowest BCUT2D eigenvalue weighted by molar-refractivity contribution is -0.137. The number of morpholine rings is 1. The maximum absolute atomic E-state index is 12.9. The number of sulfonamides is 1. The van der Waals surface area contributed by atoms with Gasteiger partial charge >= 0.3 is 0 Å². The minimum atomic E-state index is -3.78. The largest absolute Gasteiger partial charge is 0.378 e. The molecule has 1 saturated heterocycles. The first-order valence-electron chi connectivity index (χ1n) is 9.50. The molecule has 1 atom stereocenters. The molecule has 1 heterocycles. The number of carbonyl (C=O) groups excluding carboxylic acids is 1. The number of rotatable bonds is 6. The molecular formula is C20H32N2O4S. The fourth-order valence-corrected chi connectivity index (χ4v) is 4.27. The van der Waals surface area contributed by atoms with E-state index in [0.29, 0.717) is 32.7 Å². The number of ether oxygens (including phenoxy) is 1. The van der Waals surface area contributed by atoms with E-state index in [-0.39, 0.29) is 22.1 Å². The minimum Gasteiger partial charge on any atom is -0.378 e. The van der Waals surface area contributed by atoms with Crippen LogP contribution in [0.15, 0.2) is 29.2 Å². The van der Waals surface area contributed by atoms with E-state index in [9.17, 15) is 13.2 Å². The summed E-state index contributed by atoms with van der Waals surface area (Å²) in [6.07, 6.45) is 0.454. The molecule has 1 aliphatic rings. The van der Waals surface area contributed by atoms with Crippen LogP contribution in [0.3, 0.4) is 0 Å². The topological polar surface area (TPSA) is 75.7 Å². The van der Waals surface area contributed by atoms with Gasteiger partial charge in [0.15, 0.2) is 0 Å². The third-order valence-corrected chi connectivity index (χ3v) is 6.14. The third kappa shape index (κ3) is 6.02. The van der Waals surface area contributed by atoms with E-state index >= 15 is 0 Å². The Morgan fingerprint density at radius 2 is 1.70 bits per heavy atom. The number of nitrogens with zero attached hydrogens (tertiary/aromatic N) is 1. The minimum absolute atomic E-state index is 0.0534. The smallest absolute Gasteiger partial charge is 0.241 e. The summed E-state index contributed by atoms with van der Waals surface area (Å²) in [5.41, 5.74) is 1.01. The zero-order valence-electron chi connectivity index (χ0n) is 17.0. The van der Waals surface area contributed by atoms with Crippen LogP contribution in [0.1, 0.15) is 46.6 Å². The van der Waals surface area contributed by atoms with Crippen LogP contribution in [0.5, 0.6) is 0 Å². The van der Waals surface area contributed by atoms with Crippen LogP contribution in [0, 0.1) is 5.92 Å². The predicted octanol–water partition coefficient (Wildman–Crippen LogP) is 2.54. The number of benzene rings is 1. The summed E-state index contributed by atoms with van der Waals surface area (Å²) < 4.78 is 33.7. The van der Waals surface area contributed by atoms with E-state index in [4.69, 9.17) is 4.74 Å². The van der Waals surface area contributed by atoms with Crippen LogP contribution in [-0.4, -0.2) is 51.6 Å². The van der Waals surface area contributed by atoms with Gasteiger partial charge in [0.2, 0.25) is 15.9 Å². The highest BCUT2D eigenvalue weighted by Crippen LogP contribution is 2.23. The second-order valence-corrected chi connectivity index (χ2v) is 10.2. The van der Waals surface area contributed by atoms with Crippen molar-refractivity contribution in [3.63, 3.8) is 0 Å². The molecule has 1 aromatic carbocycles. The maximum Gasteiger partial charge on any atom is 0.241 e. The van der Waals surface area contributed by atoms with Crippen molar-refractivity contribution in [2.45, 2.75) is 57.4 Å². The summed E-state index contributed by atoms with van der Waals surface area (Å²) in [4.78, 5) is 14.7. The van der Waals surface area contributed by atoms with Gasteiger partial charge in [-0.3, -0.25) is 4.79 Å². The molecule has 0 spiro atoms. The highest BCUT2D eigenvalue weighted by molar-refractivity contribution is 7.89.